The zero-order chi connectivity index (χ0) is 14.7. The highest BCUT2D eigenvalue weighted by atomic mass is 32.2. The molecule has 0 atom stereocenters. The summed E-state index contributed by atoms with van der Waals surface area (Å²) in [4.78, 5) is 0. The zero-order valence-electron chi connectivity index (χ0n) is 11.4. The summed E-state index contributed by atoms with van der Waals surface area (Å²) in [6.07, 6.45) is 2.14. The topological polar surface area (TPSA) is 72.6 Å². The average Bonchev–Trinajstić information content (AvgIpc) is 2.95. The number of benzene rings is 1. The Labute approximate surface area is 123 Å². The Kier molecular flexibility index (Phi) is 3.94. The van der Waals surface area contributed by atoms with Crippen LogP contribution >= 0.6 is 0 Å². The molecule has 0 amide bonds. The van der Waals surface area contributed by atoms with Gasteiger partial charge in [-0.25, -0.2) is 8.42 Å². The lowest BCUT2D eigenvalue weighted by Crippen LogP contribution is -2.38. The fraction of sp³-hybridized carbons (Fsp3) is 0.357. The normalized spacial score (nSPS) is 15.6. The standard InChI is InChI=1S/C14H16N2O4S/c17-21(18,9-8-19-13-4-2-1-3-5-13)16-7-6-14-12(11-16)10-15-20-14/h1-5,10H,6-9,11H2. The molecule has 0 spiro atoms. The van der Waals surface area contributed by atoms with Gasteiger partial charge >= 0.3 is 0 Å². The first kappa shape index (κ1) is 14.1. The van der Waals surface area contributed by atoms with Crippen LogP contribution in [0.5, 0.6) is 5.75 Å². The van der Waals surface area contributed by atoms with E-state index >= 15 is 0 Å². The number of nitrogens with zero attached hydrogens (tertiary/aromatic N) is 2. The van der Waals surface area contributed by atoms with E-state index in [0.717, 1.165) is 11.3 Å². The lowest BCUT2D eigenvalue weighted by Gasteiger charge is -2.24. The fourth-order valence-electron chi connectivity index (χ4n) is 2.26. The van der Waals surface area contributed by atoms with E-state index in [2.05, 4.69) is 5.16 Å². The van der Waals surface area contributed by atoms with Gasteiger partial charge in [0.1, 0.15) is 18.1 Å². The van der Waals surface area contributed by atoms with Crippen molar-refractivity contribution in [3.05, 3.63) is 47.9 Å². The molecule has 0 aliphatic carbocycles. The summed E-state index contributed by atoms with van der Waals surface area (Å²) in [6.45, 7) is 0.891. The average molecular weight is 308 g/mol. The number of sulfonamides is 1. The second-order valence-corrected chi connectivity index (χ2v) is 6.92. The minimum absolute atomic E-state index is 0.0392. The molecule has 1 aliphatic heterocycles. The molecule has 0 radical (unpaired) electrons. The van der Waals surface area contributed by atoms with Gasteiger partial charge in [0, 0.05) is 25.1 Å². The number of fused-ring (bicyclic) bond motifs is 1. The summed E-state index contributed by atoms with van der Waals surface area (Å²) in [5.41, 5.74) is 0.841. The summed E-state index contributed by atoms with van der Waals surface area (Å²) in [6, 6.07) is 9.19. The van der Waals surface area contributed by atoms with Crippen LogP contribution in [0.4, 0.5) is 0 Å². The van der Waals surface area contributed by atoms with Crippen molar-refractivity contribution in [2.45, 2.75) is 13.0 Å². The Morgan fingerprint density at radius 3 is 2.90 bits per heavy atom. The van der Waals surface area contributed by atoms with E-state index in [9.17, 15) is 8.42 Å². The Balaban J connectivity index is 1.58. The smallest absolute Gasteiger partial charge is 0.217 e. The number of para-hydroxylation sites is 1. The van der Waals surface area contributed by atoms with Crippen molar-refractivity contribution in [3.63, 3.8) is 0 Å². The fourth-order valence-corrected chi connectivity index (χ4v) is 3.52. The van der Waals surface area contributed by atoms with Gasteiger partial charge in [-0.3, -0.25) is 0 Å². The van der Waals surface area contributed by atoms with Gasteiger partial charge in [-0.1, -0.05) is 23.4 Å². The van der Waals surface area contributed by atoms with Crippen molar-refractivity contribution in [3.8, 4) is 5.75 Å². The Morgan fingerprint density at radius 1 is 1.29 bits per heavy atom. The number of rotatable bonds is 5. The molecule has 0 saturated heterocycles. The molecule has 3 rings (SSSR count). The molecule has 1 aromatic heterocycles. The number of hydrogen-bond donors (Lipinski definition) is 0. The maximum Gasteiger partial charge on any atom is 0.217 e. The summed E-state index contributed by atoms with van der Waals surface area (Å²) in [5, 5.41) is 3.70. The number of hydrogen-bond acceptors (Lipinski definition) is 5. The third-order valence-electron chi connectivity index (χ3n) is 3.41. The molecule has 7 heteroatoms. The van der Waals surface area contributed by atoms with Gasteiger partial charge in [-0.05, 0) is 12.1 Å². The van der Waals surface area contributed by atoms with E-state index in [1.54, 1.807) is 18.3 Å². The van der Waals surface area contributed by atoms with Crippen LogP contribution in [0.2, 0.25) is 0 Å². The minimum atomic E-state index is -3.34. The molecular formula is C14H16N2O4S. The van der Waals surface area contributed by atoms with Gasteiger partial charge in [0.2, 0.25) is 10.0 Å². The molecule has 0 bridgehead atoms. The minimum Gasteiger partial charge on any atom is -0.492 e. The summed E-state index contributed by atoms with van der Waals surface area (Å²) >= 11 is 0. The van der Waals surface area contributed by atoms with E-state index in [-0.39, 0.29) is 12.4 Å². The van der Waals surface area contributed by atoms with Crippen molar-refractivity contribution in [2.24, 2.45) is 0 Å². The highest BCUT2D eigenvalue weighted by Gasteiger charge is 2.28. The lowest BCUT2D eigenvalue weighted by atomic mass is 10.1. The van der Waals surface area contributed by atoms with Crippen LogP contribution in [0.3, 0.4) is 0 Å². The summed E-state index contributed by atoms with van der Waals surface area (Å²) in [7, 11) is -3.34. The molecule has 0 N–H and O–H groups in total. The molecule has 1 aliphatic rings. The van der Waals surface area contributed by atoms with Crippen LogP contribution in [-0.2, 0) is 23.0 Å². The van der Waals surface area contributed by atoms with Gasteiger partial charge < -0.3 is 9.26 Å². The lowest BCUT2D eigenvalue weighted by molar-refractivity contribution is 0.318. The zero-order valence-corrected chi connectivity index (χ0v) is 12.3. The van der Waals surface area contributed by atoms with E-state index in [0.29, 0.717) is 25.3 Å². The van der Waals surface area contributed by atoms with Crippen molar-refractivity contribution in [2.75, 3.05) is 18.9 Å². The Bertz CT molecular complexity index is 697. The first-order chi connectivity index (χ1) is 10.1. The van der Waals surface area contributed by atoms with Gasteiger partial charge in [0.05, 0.1) is 11.9 Å². The SMILES string of the molecule is O=S(=O)(CCOc1ccccc1)N1CCc2oncc2C1. The van der Waals surface area contributed by atoms with Crippen LogP contribution in [0.15, 0.2) is 41.1 Å². The van der Waals surface area contributed by atoms with Crippen LogP contribution < -0.4 is 4.74 Å². The van der Waals surface area contributed by atoms with E-state index in [1.807, 2.05) is 18.2 Å². The molecular weight excluding hydrogens is 292 g/mol. The molecule has 0 unspecified atom stereocenters. The van der Waals surface area contributed by atoms with E-state index in [1.165, 1.54) is 4.31 Å². The second kappa shape index (κ2) is 5.87. The maximum absolute atomic E-state index is 12.3. The van der Waals surface area contributed by atoms with Crippen LogP contribution in [0, 0.1) is 0 Å². The van der Waals surface area contributed by atoms with E-state index < -0.39 is 10.0 Å². The molecule has 21 heavy (non-hydrogen) atoms. The predicted molar refractivity (Wildman–Crippen MR) is 76.3 cm³/mol. The molecule has 6 nitrogen and oxygen atoms in total. The molecule has 112 valence electrons. The van der Waals surface area contributed by atoms with Gasteiger partial charge in [-0.15, -0.1) is 0 Å². The van der Waals surface area contributed by atoms with Crippen molar-refractivity contribution in [1.82, 2.24) is 9.46 Å². The van der Waals surface area contributed by atoms with Crippen molar-refractivity contribution < 1.29 is 17.7 Å². The monoisotopic (exact) mass is 308 g/mol. The van der Waals surface area contributed by atoms with Gasteiger partial charge in [0.25, 0.3) is 0 Å². The van der Waals surface area contributed by atoms with Crippen molar-refractivity contribution >= 4 is 10.0 Å². The first-order valence-corrected chi connectivity index (χ1v) is 8.34. The third-order valence-corrected chi connectivity index (χ3v) is 5.19. The molecule has 2 heterocycles. The highest BCUT2D eigenvalue weighted by molar-refractivity contribution is 7.89. The largest absolute Gasteiger partial charge is 0.492 e. The van der Waals surface area contributed by atoms with Crippen LogP contribution in [0.25, 0.3) is 0 Å². The Morgan fingerprint density at radius 2 is 2.10 bits per heavy atom. The predicted octanol–water partition coefficient (Wildman–Crippen LogP) is 1.44. The Hall–Kier alpha value is -1.86. The van der Waals surface area contributed by atoms with Crippen LogP contribution in [0.1, 0.15) is 11.3 Å². The first-order valence-electron chi connectivity index (χ1n) is 6.73. The van der Waals surface area contributed by atoms with Crippen molar-refractivity contribution in [1.29, 1.82) is 0 Å². The molecule has 1 aromatic carbocycles. The summed E-state index contributed by atoms with van der Waals surface area (Å²) < 4.78 is 36.6. The highest BCUT2D eigenvalue weighted by Crippen LogP contribution is 2.20. The third kappa shape index (κ3) is 3.25. The maximum atomic E-state index is 12.3. The molecule has 0 fully saturated rings. The second-order valence-electron chi connectivity index (χ2n) is 4.84. The number of aromatic nitrogens is 1. The van der Waals surface area contributed by atoms with Gasteiger partial charge in [0.15, 0.2) is 0 Å². The molecule has 2 aromatic rings. The summed E-state index contributed by atoms with van der Waals surface area (Å²) in [5.74, 6) is 1.41. The quantitative estimate of drug-likeness (QED) is 0.836. The van der Waals surface area contributed by atoms with Crippen LogP contribution in [-0.4, -0.2) is 36.8 Å². The van der Waals surface area contributed by atoms with Gasteiger partial charge in [-0.2, -0.15) is 4.31 Å². The molecule has 0 saturated carbocycles. The van der Waals surface area contributed by atoms with E-state index in [4.69, 9.17) is 9.26 Å². The number of ether oxygens (including phenoxy) is 1.